The second-order valence-electron chi connectivity index (χ2n) is 3.47. The molecule has 0 amide bonds. The van der Waals surface area contributed by atoms with E-state index in [0.717, 1.165) is 19.6 Å². The molecule has 0 bridgehead atoms. The van der Waals surface area contributed by atoms with Gasteiger partial charge in [-0.1, -0.05) is 6.92 Å². The molecule has 0 aromatic rings. The highest BCUT2D eigenvalue weighted by Crippen LogP contribution is 2.26. The molecule has 0 aromatic carbocycles. The van der Waals surface area contributed by atoms with Gasteiger partial charge in [-0.3, -0.25) is 11.3 Å². The fraction of sp³-hybridized carbons (Fsp3) is 1.00. The first-order valence-corrected chi connectivity index (χ1v) is 6.15. The molecular weight excluding hydrogens is 184 g/mol. The van der Waals surface area contributed by atoms with Gasteiger partial charge in [0.2, 0.25) is 0 Å². The van der Waals surface area contributed by atoms with Gasteiger partial charge in [-0.25, -0.2) is 0 Å². The van der Waals surface area contributed by atoms with Gasteiger partial charge in [0.05, 0.1) is 6.61 Å². The van der Waals surface area contributed by atoms with Crippen LogP contribution in [0, 0.1) is 5.92 Å². The van der Waals surface area contributed by atoms with E-state index in [0.29, 0.717) is 12.0 Å². The maximum atomic E-state index is 5.50. The molecule has 1 saturated heterocycles. The zero-order valence-electron chi connectivity index (χ0n) is 8.29. The molecule has 0 aromatic heterocycles. The van der Waals surface area contributed by atoms with E-state index in [1.165, 1.54) is 17.9 Å². The van der Waals surface area contributed by atoms with E-state index in [1.807, 2.05) is 11.8 Å². The SMILES string of the molecule is CCCOCC(NN)C1CCSC1. The van der Waals surface area contributed by atoms with Gasteiger partial charge in [-0.05, 0) is 30.3 Å². The first-order valence-electron chi connectivity index (χ1n) is 5.00. The largest absolute Gasteiger partial charge is 0.380 e. The molecule has 1 fully saturated rings. The summed E-state index contributed by atoms with van der Waals surface area (Å²) < 4.78 is 5.50. The minimum absolute atomic E-state index is 0.349. The lowest BCUT2D eigenvalue weighted by Gasteiger charge is -2.21. The molecule has 4 heteroatoms. The molecule has 3 N–H and O–H groups in total. The summed E-state index contributed by atoms with van der Waals surface area (Å²) in [6.45, 7) is 3.73. The van der Waals surface area contributed by atoms with Crippen LogP contribution in [0.2, 0.25) is 0 Å². The van der Waals surface area contributed by atoms with E-state index in [1.54, 1.807) is 0 Å². The Balaban J connectivity index is 2.16. The molecule has 3 nitrogen and oxygen atoms in total. The molecule has 0 saturated carbocycles. The number of nitrogens with one attached hydrogen (secondary N) is 1. The van der Waals surface area contributed by atoms with Crippen molar-refractivity contribution in [2.24, 2.45) is 11.8 Å². The number of hydrogen-bond donors (Lipinski definition) is 2. The summed E-state index contributed by atoms with van der Waals surface area (Å²) in [6.07, 6.45) is 2.35. The van der Waals surface area contributed by atoms with Crippen molar-refractivity contribution >= 4 is 11.8 Å². The Bertz CT molecular complexity index is 129. The summed E-state index contributed by atoms with van der Waals surface area (Å²) in [6, 6.07) is 0.349. The van der Waals surface area contributed by atoms with Crippen LogP contribution < -0.4 is 11.3 Å². The van der Waals surface area contributed by atoms with Gasteiger partial charge < -0.3 is 4.74 Å². The van der Waals surface area contributed by atoms with Crippen molar-refractivity contribution < 1.29 is 4.74 Å². The van der Waals surface area contributed by atoms with Crippen LogP contribution in [0.3, 0.4) is 0 Å². The first-order chi connectivity index (χ1) is 6.38. The van der Waals surface area contributed by atoms with Crippen molar-refractivity contribution in [1.29, 1.82) is 0 Å². The lowest BCUT2D eigenvalue weighted by molar-refractivity contribution is 0.0970. The Morgan fingerprint density at radius 2 is 2.54 bits per heavy atom. The maximum absolute atomic E-state index is 5.50. The molecule has 13 heavy (non-hydrogen) atoms. The summed E-state index contributed by atoms with van der Waals surface area (Å²) in [5.74, 6) is 8.70. The van der Waals surface area contributed by atoms with Gasteiger partial charge in [-0.15, -0.1) is 0 Å². The predicted molar refractivity (Wildman–Crippen MR) is 57.7 cm³/mol. The van der Waals surface area contributed by atoms with E-state index in [9.17, 15) is 0 Å². The van der Waals surface area contributed by atoms with Gasteiger partial charge >= 0.3 is 0 Å². The van der Waals surface area contributed by atoms with Crippen LogP contribution in [0.25, 0.3) is 0 Å². The summed E-state index contributed by atoms with van der Waals surface area (Å²) in [5.41, 5.74) is 2.86. The van der Waals surface area contributed by atoms with Gasteiger partial charge in [-0.2, -0.15) is 11.8 Å². The summed E-state index contributed by atoms with van der Waals surface area (Å²) in [4.78, 5) is 0. The van der Waals surface area contributed by atoms with E-state index in [2.05, 4.69) is 12.3 Å². The van der Waals surface area contributed by atoms with E-state index >= 15 is 0 Å². The van der Waals surface area contributed by atoms with Crippen molar-refractivity contribution in [3.63, 3.8) is 0 Å². The van der Waals surface area contributed by atoms with Crippen LogP contribution >= 0.6 is 11.8 Å². The lowest BCUT2D eigenvalue weighted by atomic mass is 10.0. The molecule has 1 heterocycles. The minimum Gasteiger partial charge on any atom is -0.380 e. The quantitative estimate of drug-likeness (QED) is 0.385. The fourth-order valence-corrected chi connectivity index (χ4v) is 2.88. The monoisotopic (exact) mass is 204 g/mol. The van der Waals surface area contributed by atoms with Gasteiger partial charge in [0, 0.05) is 12.6 Å². The summed E-state index contributed by atoms with van der Waals surface area (Å²) in [7, 11) is 0. The minimum atomic E-state index is 0.349. The Hall–Kier alpha value is 0.230. The Kier molecular flexibility index (Phi) is 5.78. The van der Waals surface area contributed by atoms with Gasteiger partial charge in [0.15, 0.2) is 0 Å². The Morgan fingerprint density at radius 1 is 1.69 bits per heavy atom. The number of hydrogen-bond acceptors (Lipinski definition) is 4. The topological polar surface area (TPSA) is 47.3 Å². The highest BCUT2D eigenvalue weighted by Gasteiger charge is 2.24. The fourth-order valence-electron chi connectivity index (χ4n) is 1.55. The van der Waals surface area contributed by atoms with Crippen LogP contribution in [0.5, 0.6) is 0 Å². The predicted octanol–water partition coefficient (Wildman–Crippen LogP) is 0.998. The van der Waals surface area contributed by atoms with E-state index in [4.69, 9.17) is 10.6 Å². The van der Waals surface area contributed by atoms with Crippen LogP contribution in [0.1, 0.15) is 19.8 Å². The molecule has 1 rings (SSSR count). The molecule has 0 spiro atoms. The number of thioether (sulfide) groups is 1. The Labute approximate surface area is 84.7 Å². The molecule has 0 radical (unpaired) electrons. The molecule has 2 unspecified atom stereocenters. The van der Waals surface area contributed by atoms with Crippen LogP contribution in [0.4, 0.5) is 0 Å². The van der Waals surface area contributed by atoms with Gasteiger partial charge in [0.1, 0.15) is 0 Å². The normalized spacial score (nSPS) is 24.9. The average molecular weight is 204 g/mol. The average Bonchev–Trinajstić information content (AvgIpc) is 2.65. The highest BCUT2D eigenvalue weighted by atomic mass is 32.2. The molecule has 2 atom stereocenters. The molecular formula is C9H20N2OS. The third kappa shape index (κ3) is 3.85. The second-order valence-corrected chi connectivity index (χ2v) is 4.62. The van der Waals surface area contributed by atoms with Crippen molar-refractivity contribution in [3.05, 3.63) is 0 Å². The molecule has 78 valence electrons. The third-order valence-corrected chi connectivity index (χ3v) is 3.58. The maximum Gasteiger partial charge on any atom is 0.0636 e. The molecule has 1 aliphatic rings. The van der Waals surface area contributed by atoms with Crippen molar-refractivity contribution in [2.45, 2.75) is 25.8 Å². The Morgan fingerprint density at radius 3 is 3.08 bits per heavy atom. The molecule has 0 aliphatic carbocycles. The lowest BCUT2D eigenvalue weighted by Crippen LogP contribution is -2.44. The van der Waals surface area contributed by atoms with E-state index < -0.39 is 0 Å². The van der Waals surface area contributed by atoms with Crippen molar-refractivity contribution in [2.75, 3.05) is 24.7 Å². The van der Waals surface area contributed by atoms with Crippen LogP contribution in [-0.4, -0.2) is 30.8 Å². The summed E-state index contributed by atoms with van der Waals surface area (Å²) >= 11 is 2.01. The number of ether oxygens (including phenoxy) is 1. The number of nitrogens with two attached hydrogens (primary N) is 1. The first kappa shape index (κ1) is 11.3. The van der Waals surface area contributed by atoms with Crippen LogP contribution in [-0.2, 0) is 4.74 Å². The van der Waals surface area contributed by atoms with Crippen LogP contribution in [0.15, 0.2) is 0 Å². The van der Waals surface area contributed by atoms with Crippen molar-refractivity contribution in [3.8, 4) is 0 Å². The van der Waals surface area contributed by atoms with Crippen molar-refractivity contribution in [1.82, 2.24) is 5.43 Å². The number of rotatable bonds is 6. The smallest absolute Gasteiger partial charge is 0.0636 e. The number of hydrazine groups is 1. The standard InChI is InChI=1S/C9H20N2OS/c1-2-4-12-6-9(11-10)8-3-5-13-7-8/h8-9,11H,2-7,10H2,1H3. The van der Waals surface area contributed by atoms with Gasteiger partial charge in [0.25, 0.3) is 0 Å². The zero-order valence-corrected chi connectivity index (χ0v) is 9.11. The zero-order chi connectivity index (χ0) is 9.52. The molecule has 1 aliphatic heterocycles. The second kappa shape index (κ2) is 6.65. The highest BCUT2D eigenvalue weighted by molar-refractivity contribution is 7.99. The third-order valence-electron chi connectivity index (χ3n) is 2.39. The summed E-state index contributed by atoms with van der Waals surface area (Å²) in [5, 5.41) is 0. The van der Waals surface area contributed by atoms with E-state index in [-0.39, 0.29) is 0 Å².